The first-order valence-corrected chi connectivity index (χ1v) is 9.34. The van der Waals surface area contributed by atoms with E-state index < -0.39 is 0 Å². The van der Waals surface area contributed by atoms with Crippen LogP contribution >= 0.6 is 24.0 Å². The van der Waals surface area contributed by atoms with Crippen molar-refractivity contribution in [1.29, 1.82) is 0 Å². The normalized spacial score (nSPS) is 14.6. The summed E-state index contributed by atoms with van der Waals surface area (Å²) in [6, 6.07) is 10.4. The number of piperazine rings is 1. The molecule has 2 N–H and O–H groups in total. The third kappa shape index (κ3) is 7.39. The lowest BCUT2D eigenvalue weighted by molar-refractivity contribution is -0.131. The quantitative estimate of drug-likeness (QED) is 0.363. The number of amides is 1. The van der Waals surface area contributed by atoms with E-state index in [9.17, 15) is 4.79 Å². The van der Waals surface area contributed by atoms with Crippen molar-refractivity contribution >= 4 is 41.5 Å². The third-order valence-electron chi connectivity index (χ3n) is 4.22. The van der Waals surface area contributed by atoms with E-state index in [1.54, 1.807) is 0 Å². The number of benzene rings is 1. The molecule has 0 radical (unpaired) electrons. The first kappa shape index (κ1) is 22.5. The van der Waals surface area contributed by atoms with Gasteiger partial charge in [0.1, 0.15) is 0 Å². The van der Waals surface area contributed by atoms with Crippen molar-refractivity contribution < 1.29 is 4.79 Å². The van der Waals surface area contributed by atoms with Gasteiger partial charge in [0.25, 0.3) is 0 Å². The Bertz CT molecular complexity index is 544. The molecule has 0 aliphatic carbocycles. The fourth-order valence-corrected chi connectivity index (χ4v) is 2.86. The van der Waals surface area contributed by atoms with E-state index in [2.05, 4.69) is 51.7 Å². The molecular formula is C19H32IN5O. The minimum absolute atomic E-state index is 0. The van der Waals surface area contributed by atoms with E-state index >= 15 is 0 Å². The molecule has 1 saturated heterocycles. The van der Waals surface area contributed by atoms with Crippen molar-refractivity contribution in [2.75, 3.05) is 50.7 Å². The summed E-state index contributed by atoms with van der Waals surface area (Å²) in [4.78, 5) is 21.2. The number of hydrogen-bond acceptors (Lipinski definition) is 3. The Balaban J connectivity index is 0.00000338. The number of aliphatic imine (C=N–C) groups is 1. The van der Waals surface area contributed by atoms with Gasteiger partial charge in [0.05, 0.1) is 0 Å². The van der Waals surface area contributed by atoms with Crippen molar-refractivity contribution in [2.45, 2.75) is 26.7 Å². The van der Waals surface area contributed by atoms with Crippen LogP contribution in [0.1, 0.15) is 26.7 Å². The zero-order chi connectivity index (χ0) is 17.9. The lowest BCUT2D eigenvalue weighted by atomic mass is 10.2. The van der Waals surface area contributed by atoms with E-state index in [-0.39, 0.29) is 29.9 Å². The third-order valence-corrected chi connectivity index (χ3v) is 4.22. The highest BCUT2D eigenvalue weighted by Crippen LogP contribution is 2.15. The van der Waals surface area contributed by atoms with Crippen molar-refractivity contribution in [3.63, 3.8) is 0 Å². The Hall–Kier alpha value is -1.51. The maximum absolute atomic E-state index is 12.4. The molecule has 6 nitrogen and oxygen atoms in total. The Morgan fingerprint density at radius 1 is 1.08 bits per heavy atom. The largest absolute Gasteiger partial charge is 0.368 e. The molecule has 0 aromatic heterocycles. The molecule has 0 saturated carbocycles. The molecule has 2 rings (SSSR count). The van der Waals surface area contributed by atoms with Crippen LogP contribution in [0.25, 0.3) is 0 Å². The fourth-order valence-electron chi connectivity index (χ4n) is 2.86. The molecule has 1 aliphatic rings. The van der Waals surface area contributed by atoms with Crippen molar-refractivity contribution in [3.05, 3.63) is 30.3 Å². The summed E-state index contributed by atoms with van der Waals surface area (Å²) < 4.78 is 0. The number of carbonyl (C=O) groups is 1. The maximum atomic E-state index is 12.4. The summed E-state index contributed by atoms with van der Waals surface area (Å²) in [5.74, 6) is 1.01. The average Bonchev–Trinajstić information content (AvgIpc) is 2.67. The molecule has 1 aromatic carbocycles. The van der Waals surface area contributed by atoms with E-state index in [1.165, 1.54) is 5.69 Å². The highest BCUT2D eigenvalue weighted by molar-refractivity contribution is 14.0. The lowest BCUT2D eigenvalue weighted by Crippen LogP contribution is -2.49. The first-order chi connectivity index (χ1) is 12.2. The molecule has 7 heteroatoms. The van der Waals surface area contributed by atoms with Crippen LogP contribution in [-0.4, -0.2) is 62.6 Å². The number of nitrogens with one attached hydrogen (secondary N) is 2. The van der Waals surface area contributed by atoms with Crippen LogP contribution in [-0.2, 0) is 4.79 Å². The molecule has 1 fully saturated rings. The summed E-state index contributed by atoms with van der Waals surface area (Å²) in [6.07, 6.45) is 1.52. The minimum Gasteiger partial charge on any atom is -0.368 e. The molecule has 146 valence electrons. The van der Waals surface area contributed by atoms with Gasteiger partial charge in [-0.05, 0) is 25.5 Å². The average molecular weight is 473 g/mol. The fraction of sp³-hybridized carbons (Fsp3) is 0.579. The van der Waals surface area contributed by atoms with E-state index in [4.69, 9.17) is 0 Å². The Morgan fingerprint density at radius 3 is 2.38 bits per heavy atom. The van der Waals surface area contributed by atoms with Gasteiger partial charge in [-0.2, -0.15) is 0 Å². The molecule has 0 spiro atoms. The number of anilines is 1. The summed E-state index contributed by atoms with van der Waals surface area (Å²) in [5.41, 5.74) is 1.23. The van der Waals surface area contributed by atoms with Crippen LogP contribution in [0.2, 0.25) is 0 Å². The van der Waals surface area contributed by atoms with E-state index in [1.807, 2.05) is 17.9 Å². The van der Waals surface area contributed by atoms with Crippen LogP contribution in [0, 0.1) is 0 Å². The smallest absolute Gasteiger partial charge is 0.224 e. The monoisotopic (exact) mass is 473 g/mol. The van der Waals surface area contributed by atoms with Gasteiger partial charge in [0.15, 0.2) is 5.96 Å². The predicted molar refractivity (Wildman–Crippen MR) is 120 cm³/mol. The second-order valence-corrected chi connectivity index (χ2v) is 6.14. The van der Waals surface area contributed by atoms with E-state index in [0.717, 1.165) is 51.6 Å². The lowest BCUT2D eigenvalue weighted by Gasteiger charge is -2.36. The van der Waals surface area contributed by atoms with Gasteiger partial charge in [-0.1, -0.05) is 25.1 Å². The topological polar surface area (TPSA) is 60.0 Å². The molecule has 1 aliphatic heterocycles. The summed E-state index contributed by atoms with van der Waals surface area (Å²) >= 11 is 0. The Labute approximate surface area is 174 Å². The number of hydrogen-bond donors (Lipinski definition) is 2. The molecule has 1 heterocycles. The first-order valence-electron chi connectivity index (χ1n) is 9.34. The molecule has 0 atom stereocenters. The van der Waals surface area contributed by atoms with Gasteiger partial charge in [0, 0.05) is 57.9 Å². The van der Waals surface area contributed by atoms with Crippen molar-refractivity contribution in [3.8, 4) is 0 Å². The summed E-state index contributed by atoms with van der Waals surface area (Å²) in [7, 11) is 0. The predicted octanol–water partition coefficient (Wildman–Crippen LogP) is 2.31. The van der Waals surface area contributed by atoms with Gasteiger partial charge in [-0.3, -0.25) is 9.79 Å². The second kappa shape index (κ2) is 12.8. The molecule has 1 aromatic rings. The van der Waals surface area contributed by atoms with Crippen LogP contribution in [0.3, 0.4) is 0 Å². The van der Waals surface area contributed by atoms with Crippen molar-refractivity contribution in [1.82, 2.24) is 15.5 Å². The zero-order valence-electron chi connectivity index (χ0n) is 15.9. The van der Waals surface area contributed by atoms with Crippen molar-refractivity contribution in [2.24, 2.45) is 4.99 Å². The number of halogens is 1. The molecule has 26 heavy (non-hydrogen) atoms. The number of para-hydroxylation sites is 1. The second-order valence-electron chi connectivity index (χ2n) is 6.14. The van der Waals surface area contributed by atoms with Crippen LogP contribution in [0.15, 0.2) is 35.3 Å². The van der Waals surface area contributed by atoms with Gasteiger partial charge in [-0.25, -0.2) is 0 Å². The van der Waals surface area contributed by atoms with Gasteiger partial charge < -0.3 is 20.4 Å². The van der Waals surface area contributed by atoms with Crippen LogP contribution in [0.4, 0.5) is 5.69 Å². The van der Waals surface area contributed by atoms with Crippen LogP contribution in [0.5, 0.6) is 0 Å². The van der Waals surface area contributed by atoms with E-state index in [0.29, 0.717) is 13.0 Å². The van der Waals surface area contributed by atoms with Gasteiger partial charge >= 0.3 is 0 Å². The number of guanidine groups is 1. The molecule has 0 unspecified atom stereocenters. The molecular weight excluding hydrogens is 441 g/mol. The highest BCUT2D eigenvalue weighted by atomic mass is 127. The van der Waals surface area contributed by atoms with Gasteiger partial charge in [-0.15, -0.1) is 24.0 Å². The Morgan fingerprint density at radius 2 is 1.77 bits per heavy atom. The van der Waals surface area contributed by atoms with Gasteiger partial charge in [0.2, 0.25) is 5.91 Å². The number of nitrogens with zero attached hydrogens (tertiary/aromatic N) is 3. The summed E-state index contributed by atoms with van der Waals surface area (Å²) in [5, 5.41) is 6.44. The Kier molecular flexibility index (Phi) is 11.1. The summed E-state index contributed by atoms with van der Waals surface area (Å²) in [6.45, 7) is 9.75. The standard InChI is InChI=1S/C19H31N5O.HI/c1-3-11-21-19(20-4-2)22-12-10-18(25)24-15-13-23(14-16-24)17-8-6-5-7-9-17;/h5-9H,3-4,10-16H2,1-2H3,(H2,20,21,22);1H. The highest BCUT2D eigenvalue weighted by Gasteiger charge is 2.20. The zero-order valence-corrected chi connectivity index (χ0v) is 18.2. The number of carbonyl (C=O) groups excluding carboxylic acids is 1. The maximum Gasteiger partial charge on any atom is 0.224 e. The minimum atomic E-state index is 0. The SMILES string of the molecule is CCCN=C(NCC)NCCC(=O)N1CCN(c2ccccc2)CC1.I. The van der Waals surface area contributed by atoms with Crippen LogP contribution < -0.4 is 15.5 Å². The number of rotatable bonds is 7. The molecule has 0 bridgehead atoms. The molecule has 1 amide bonds.